The van der Waals surface area contributed by atoms with E-state index in [2.05, 4.69) is 27.6 Å². The molecule has 0 aromatic carbocycles. The third-order valence-corrected chi connectivity index (χ3v) is 4.80. The molecular formula is C18H27Cl2N5O. The van der Waals surface area contributed by atoms with Crippen molar-refractivity contribution in [3.8, 4) is 5.82 Å². The number of carbonyl (C=O) groups is 1. The lowest BCUT2D eigenvalue weighted by atomic mass is 9.81. The Morgan fingerprint density at radius 3 is 2.65 bits per heavy atom. The van der Waals surface area contributed by atoms with Crippen molar-refractivity contribution < 1.29 is 4.79 Å². The molecule has 0 atom stereocenters. The molecule has 8 heteroatoms. The minimum Gasteiger partial charge on any atom is -0.351 e. The summed E-state index contributed by atoms with van der Waals surface area (Å²) in [5.74, 6) is 0.688. The van der Waals surface area contributed by atoms with E-state index in [0.717, 1.165) is 43.9 Å². The maximum absolute atomic E-state index is 12.7. The lowest BCUT2D eigenvalue weighted by molar-refractivity contribution is 0.0921. The van der Waals surface area contributed by atoms with E-state index in [9.17, 15) is 4.79 Å². The first-order valence-corrected chi connectivity index (χ1v) is 8.60. The summed E-state index contributed by atoms with van der Waals surface area (Å²) in [4.78, 5) is 17.0. The van der Waals surface area contributed by atoms with Crippen molar-refractivity contribution in [2.75, 3.05) is 19.6 Å². The molecule has 3 heterocycles. The van der Waals surface area contributed by atoms with Crippen LogP contribution in [-0.4, -0.2) is 40.3 Å². The quantitative estimate of drug-likeness (QED) is 0.810. The van der Waals surface area contributed by atoms with Crippen LogP contribution in [0.25, 0.3) is 5.82 Å². The number of amides is 1. The number of nitrogens with zero attached hydrogens (tertiary/aromatic N) is 3. The van der Waals surface area contributed by atoms with Gasteiger partial charge in [0.05, 0.1) is 17.5 Å². The molecule has 0 spiro atoms. The monoisotopic (exact) mass is 399 g/mol. The van der Waals surface area contributed by atoms with Crippen molar-refractivity contribution in [3.05, 3.63) is 41.9 Å². The Morgan fingerprint density at radius 2 is 2.04 bits per heavy atom. The summed E-state index contributed by atoms with van der Waals surface area (Å²) in [6.07, 6.45) is 6.27. The normalized spacial score (nSPS) is 15.5. The summed E-state index contributed by atoms with van der Waals surface area (Å²) in [7, 11) is 0. The highest BCUT2D eigenvalue weighted by molar-refractivity contribution is 5.95. The van der Waals surface area contributed by atoms with E-state index >= 15 is 0 Å². The molecule has 0 saturated carbocycles. The summed E-state index contributed by atoms with van der Waals surface area (Å²) in [6, 6.07) is 5.68. The highest BCUT2D eigenvalue weighted by atomic mass is 35.5. The fraction of sp³-hybridized carbons (Fsp3) is 0.500. The van der Waals surface area contributed by atoms with E-state index in [4.69, 9.17) is 0 Å². The van der Waals surface area contributed by atoms with Crippen LogP contribution in [0, 0.1) is 5.41 Å². The number of rotatable bonds is 5. The fourth-order valence-electron chi connectivity index (χ4n) is 3.18. The van der Waals surface area contributed by atoms with E-state index in [1.54, 1.807) is 17.1 Å². The molecule has 2 aromatic heterocycles. The van der Waals surface area contributed by atoms with Gasteiger partial charge in [-0.05, 0) is 49.9 Å². The van der Waals surface area contributed by atoms with Crippen LogP contribution < -0.4 is 10.6 Å². The maximum Gasteiger partial charge on any atom is 0.254 e. The SMILES string of the molecule is CCc1c(C(=O)NCC2(C)CCNCC2)cnn1-c1ccccn1.Cl.Cl. The van der Waals surface area contributed by atoms with Crippen LogP contribution in [0.4, 0.5) is 0 Å². The van der Waals surface area contributed by atoms with E-state index in [1.807, 2.05) is 25.1 Å². The largest absolute Gasteiger partial charge is 0.351 e. The zero-order chi connectivity index (χ0) is 17.0. The van der Waals surface area contributed by atoms with E-state index in [0.29, 0.717) is 12.1 Å². The molecule has 26 heavy (non-hydrogen) atoms. The van der Waals surface area contributed by atoms with Crippen molar-refractivity contribution in [3.63, 3.8) is 0 Å². The Kier molecular flexibility index (Phi) is 8.53. The van der Waals surface area contributed by atoms with Gasteiger partial charge in [0.1, 0.15) is 0 Å². The fourth-order valence-corrected chi connectivity index (χ4v) is 3.18. The zero-order valence-electron chi connectivity index (χ0n) is 15.2. The van der Waals surface area contributed by atoms with Crippen LogP contribution in [0.2, 0.25) is 0 Å². The molecule has 144 valence electrons. The van der Waals surface area contributed by atoms with Gasteiger partial charge >= 0.3 is 0 Å². The first-order valence-electron chi connectivity index (χ1n) is 8.60. The lowest BCUT2D eigenvalue weighted by Crippen LogP contribution is -2.43. The van der Waals surface area contributed by atoms with Crippen molar-refractivity contribution in [1.29, 1.82) is 0 Å². The van der Waals surface area contributed by atoms with E-state index in [1.165, 1.54) is 0 Å². The highest BCUT2D eigenvalue weighted by Crippen LogP contribution is 2.27. The average Bonchev–Trinajstić information content (AvgIpc) is 3.05. The second-order valence-electron chi connectivity index (χ2n) is 6.70. The smallest absolute Gasteiger partial charge is 0.254 e. The number of hydrogen-bond acceptors (Lipinski definition) is 4. The Bertz CT molecular complexity index is 699. The lowest BCUT2D eigenvalue weighted by Gasteiger charge is -2.34. The molecule has 1 fully saturated rings. The molecule has 1 aliphatic rings. The van der Waals surface area contributed by atoms with Gasteiger partial charge in [0.2, 0.25) is 0 Å². The molecule has 0 unspecified atom stereocenters. The molecule has 3 rings (SSSR count). The third-order valence-electron chi connectivity index (χ3n) is 4.80. The molecule has 6 nitrogen and oxygen atoms in total. The second kappa shape index (κ2) is 9.90. The number of nitrogens with one attached hydrogen (secondary N) is 2. The van der Waals surface area contributed by atoms with Gasteiger partial charge in [-0.3, -0.25) is 4.79 Å². The molecule has 1 saturated heterocycles. The van der Waals surface area contributed by atoms with Gasteiger partial charge in [-0.2, -0.15) is 5.10 Å². The van der Waals surface area contributed by atoms with Crippen LogP contribution in [0.1, 0.15) is 42.7 Å². The van der Waals surface area contributed by atoms with Crippen LogP contribution >= 0.6 is 24.8 Å². The zero-order valence-corrected chi connectivity index (χ0v) is 16.8. The summed E-state index contributed by atoms with van der Waals surface area (Å²) in [5.41, 5.74) is 1.70. The van der Waals surface area contributed by atoms with Crippen LogP contribution in [-0.2, 0) is 6.42 Å². The van der Waals surface area contributed by atoms with Gasteiger partial charge < -0.3 is 10.6 Å². The number of hydrogen-bond donors (Lipinski definition) is 2. The van der Waals surface area contributed by atoms with Crippen molar-refractivity contribution in [1.82, 2.24) is 25.4 Å². The summed E-state index contributed by atoms with van der Waals surface area (Å²) in [6.45, 7) is 7.01. The Balaban J connectivity index is 0.00000169. The van der Waals surface area contributed by atoms with Gasteiger partial charge in [-0.25, -0.2) is 9.67 Å². The first-order chi connectivity index (χ1) is 11.6. The van der Waals surface area contributed by atoms with Crippen LogP contribution in [0.15, 0.2) is 30.6 Å². The standard InChI is InChI=1S/C18H25N5O.2ClH/c1-3-15-14(12-22-23(15)16-6-4-5-9-20-16)17(24)21-13-18(2)7-10-19-11-8-18;;/h4-6,9,12,19H,3,7-8,10-11,13H2,1-2H3,(H,21,24);2*1H. The Hall–Kier alpha value is -1.63. The molecule has 1 amide bonds. The van der Waals surface area contributed by atoms with Crippen molar-refractivity contribution >= 4 is 30.7 Å². The second-order valence-corrected chi connectivity index (χ2v) is 6.70. The summed E-state index contributed by atoms with van der Waals surface area (Å²) < 4.78 is 1.75. The Labute approximate surface area is 167 Å². The van der Waals surface area contributed by atoms with Gasteiger partial charge in [-0.1, -0.05) is 19.9 Å². The highest BCUT2D eigenvalue weighted by Gasteiger charge is 2.28. The van der Waals surface area contributed by atoms with E-state index in [-0.39, 0.29) is 36.1 Å². The molecular weight excluding hydrogens is 373 g/mol. The number of piperidine rings is 1. The number of aromatic nitrogens is 3. The Morgan fingerprint density at radius 1 is 1.31 bits per heavy atom. The summed E-state index contributed by atoms with van der Waals surface area (Å²) >= 11 is 0. The van der Waals surface area contributed by atoms with Gasteiger partial charge in [0.15, 0.2) is 5.82 Å². The van der Waals surface area contributed by atoms with Crippen LogP contribution in [0.5, 0.6) is 0 Å². The number of pyridine rings is 1. The molecule has 0 radical (unpaired) electrons. The number of halogens is 2. The van der Waals surface area contributed by atoms with Gasteiger partial charge in [0.25, 0.3) is 5.91 Å². The van der Waals surface area contributed by atoms with Crippen molar-refractivity contribution in [2.24, 2.45) is 5.41 Å². The van der Waals surface area contributed by atoms with Crippen LogP contribution in [0.3, 0.4) is 0 Å². The minimum atomic E-state index is -0.0474. The number of carbonyl (C=O) groups excluding carboxylic acids is 1. The summed E-state index contributed by atoms with van der Waals surface area (Å²) in [5, 5.41) is 10.8. The molecule has 2 aromatic rings. The molecule has 0 bridgehead atoms. The molecule has 1 aliphatic heterocycles. The van der Waals surface area contributed by atoms with Crippen molar-refractivity contribution in [2.45, 2.75) is 33.1 Å². The topological polar surface area (TPSA) is 71.8 Å². The maximum atomic E-state index is 12.7. The van der Waals surface area contributed by atoms with Gasteiger partial charge in [0, 0.05) is 12.7 Å². The van der Waals surface area contributed by atoms with Gasteiger partial charge in [-0.15, -0.1) is 24.8 Å². The third kappa shape index (κ3) is 4.96. The molecule has 0 aliphatic carbocycles. The predicted octanol–water partition coefficient (Wildman–Crippen LogP) is 2.79. The average molecular weight is 400 g/mol. The minimum absolute atomic E-state index is 0. The predicted molar refractivity (Wildman–Crippen MR) is 108 cm³/mol. The molecule has 2 N–H and O–H groups in total. The van der Waals surface area contributed by atoms with E-state index < -0.39 is 0 Å². The first kappa shape index (κ1) is 22.4.